The van der Waals surface area contributed by atoms with Crippen LogP contribution >= 0.6 is 11.6 Å². The minimum atomic E-state index is -0.986. The Morgan fingerprint density at radius 3 is 2.43 bits per heavy atom. The van der Waals surface area contributed by atoms with Gasteiger partial charge in [0.05, 0.1) is 43.7 Å². The summed E-state index contributed by atoms with van der Waals surface area (Å²) in [5.74, 6) is 3.18. The number of likely N-dealkylation sites (tertiary alicyclic amines) is 1. The predicted molar refractivity (Wildman–Crippen MR) is 240 cm³/mol. The molecular formula is C48H50ClN7O9. The molecule has 5 heterocycles. The molecule has 2 N–H and O–H groups in total. The maximum absolute atomic E-state index is 14.5. The molecule has 3 atom stereocenters. The minimum Gasteiger partial charge on any atom is -0.493 e. The van der Waals surface area contributed by atoms with Crippen molar-refractivity contribution in [2.75, 3.05) is 40.7 Å². The van der Waals surface area contributed by atoms with E-state index in [2.05, 4.69) is 20.3 Å². The molecule has 3 aliphatic heterocycles. The van der Waals surface area contributed by atoms with Crippen molar-refractivity contribution in [3.63, 3.8) is 0 Å². The monoisotopic (exact) mass is 903 g/mol. The summed E-state index contributed by atoms with van der Waals surface area (Å²) < 4.78 is 34.8. The third-order valence-electron chi connectivity index (χ3n) is 13.2. The van der Waals surface area contributed by atoms with Crippen LogP contribution in [-0.2, 0) is 16.0 Å². The first-order valence-electron chi connectivity index (χ1n) is 22.3. The van der Waals surface area contributed by atoms with Crippen LogP contribution in [0.25, 0.3) is 22.3 Å². The summed E-state index contributed by atoms with van der Waals surface area (Å²) in [6.07, 6.45) is 9.28. The van der Waals surface area contributed by atoms with Gasteiger partial charge in [-0.15, -0.1) is 0 Å². The molecule has 3 fully saturated rings. The number of carbonyl (C=O) groups is 3. The van der Waals surface area contributed by atoms with Crippen LogP contribution < -0.4 is 33.7 Å². The minimum absolute atomic E-state index is 0.0173. The maximum atomic E-state index is 14.5. The Morgan fingerprint density at radius 2 is 1.66 bits per heavy atom. The molecule has 2 aromatic heterocycles. The van der Waals surface area contributed by atoms with E-state index in [0.29, 0.717) is 94.5 Å². The molecule has 0 radical (unpaired) electrons. The zero-order valence-electron chi connectivity index (χ0n) is 36.2. The number of methoxy groups -OCH3 is 2. The summed E-state index contributed by atoms with van der Waals surface area (Å²) in [4.78, 5) is 56.4. The van der Waals surface area contributed by atoms with Crippen LogP contribution in [0.3, 0.4) is 0 Å². The molecule has 0 spiro atoms. The van der Waals surface area contributed by atoms with Crippen molar-refractivity contribution in [1.82, 2.24) is 30.2 Å². The van der Waals surface area contributed by atoms with E-state index in [4.69, 9.17) is 45.1 Å². The van der Waals surface area contributed by atoms with Crippen LogP contribution in [0.5, 0.6) is 34.5 Å². The van der Waals surface area contributed by atoms with E-state index in [-0.39, 0.29) is 48.7 Å². The molecule has 3 aromatic carbocycles. The van der Waals surface area contributed by atoms with Crippen molar-refractivity contribution in [3.8, 4) is 45.8 Å². The highest BCUT2D eigenvalue weighted by atomic mass is 35.5. The number of nitrogens with zero attached hydrogens (tertiary/aromatic N) is 5. The van der Waals surface area contributed by atoms with Crippen LogP contribution in [0, 0.1) is 17.8 Å². The second-order valence-corrected chi connectivity index (χ2v) is 17.7. The quantitative estimate of drug-likeness (QED) is 0.119. The van der Waals surface area contributed by atoms with E-state index in [0.717, 1.165) is 55.4 Å². The molecule has 2 aliphatic carbocycles. The smallest absolute Gasteiger partial charge is 0.413 e. The Kier molecular flexibility index (Phi) is 11.8. The summed E-state index contributed by atoms with van der Waals surface area (Å²) in [6, 6.07) is 15.4. The number of fused-ring (bicyclic) bond motifs is 3. The Balaban J connectivity index is 0.863. The number of ether oxygens (including phenoxy) is 6. The molecule has 2 saturated carbocycles. The lowest BCUT2D eigenvalue weighted by Crippen LogP contribution is -2.56. The van der Waals surface area contributed by atoms with Crippen molar-refractivity contribution < 1.29 is 42.8 Å². The summed E-state index contributed by atoms with van der Waals surface area (Å²) >= 11 is 6.21. The van der Waals surface area contributed by atoms with Crippen molar-refractivity contribution in [2.45, 2.75) is 69.9 Å². The number of nitrogens with one attached hydrogen (secondary N) is 2. The lowest BCUT2D eigenvalue weighted by molar-refractivity contribution is -0.143. The summed E-state index contributed by atoms with van der Waals surface area (Å²) in [7, 11) is 3.21. The van der Waals surface area contributed by atoms with Gasteiger partial charge >= 0.3 is 6.09 Å². The number of aromatic nitrogens is 3. The highest BCUT2D eigenvalue weighted by Gasteiger charge is 2.44. The molecule has 5 aromatic rings. The molecular weight excluding hydrogens is 854 g/mol. The molecule has 5 aliphatic rings. The largest absolute Gasteiger partial charge is 0.493 e. The van der Waals surface area contributed by atoms with E-state index >= 15 is 0 Å². The third kappa shape index (κ3) is 8.58. The fourth-order valence-electron chi connectivity index (χ4n) is 9.54. The average Bonchev–Trinajstić information content (AvgIpc) is 3.89. The zero-order chi connectivity index (χ0) is 44.6. The zero-order valence-corrected chi connectivity index (χ0v) is 37.0. The van der Waals surface area contributed by atoms with E-state index in [1.165, 1.54) is 12.5 Å². The Hall–Kier alpha value is -6.55. The second kappa shape index (κ2) is 18.1. The first-order valence-corrected chi connectivity index (χ1v) is 22.7. The highest BCUT2D eigenvalue weighted by Crippen LogP contribution is 2.49. The van der Waals surface area contributed by atoms with Gasteiger partial charge in [0.25, 0.3) is 0 Å². The van der Waals surface area contributed by atoms with Gasteiger partial charge in [0.1, 0.15) is 29.3 Å². The normalized spacial score (nSPS) is 19.9. The van der Waals surface area contributed by atoms with Crippen molar-refractivity contribution in [2.24, 2.45) is 22.9 Å². The number of hydrogen-bond acceptors (Lipinski definition) is 12. The number of hydrogen-bond donors (Lipinski definition) is 2. The Labute approximate surface area is 380 Å². The number of H-pyrrole nitrogens is 1. The van der Waals surface area contributed by atoms with Crippen LogP contribution in [0.4, 0.5) is 4.79 Å². The number of benzene rings is 3. The fraction of sp³-hybridized carbons (Fsp3) is 0.417. The summed E-state index contributed by atoms with van der Waals surface area (Å²) in [5, 5.41) is 10.2. The average molecular weight is 904 g/mol. The summed E-state index contributed by atoms with van der Waals surface area (Å²) in [6.45, 7) is 1.36. The van der Waals surface area contributed by atoms with Crippen LogP contribution in [0.1, 0.15) is 62.5 Å². The molecule has 0 bridgehead atoms. The van der Waals surface area contributed by atoms with Gasteiger partial charge in [0.2, 0.25) is 18.6 Å². The van der Waals surface area contributed by atoms with Crippen LogP contribution in [-0.4, -0.2) is 101 Å². The molecule has 10 rings (SSSR count). The number of carbonyl (C=O) groups excluding carboxylic acids is 3. The molecule has 3 amide bonds. The lowest BCUT2D eigenvalue weighted by atomic mass is 9.73. The van der Waals surface area contributed by atoms with E-state index in [9.17, 15) is 14.4 Å². The molecule has 16 nitrogen and oxygen atoms in total. The van der Waals surface area contributed by atoms with Crippen molar-refractivity contribution >= 4 is 46.3 Å². The molecule has 0 unspecified atom stereocenters. The van der Waals surface area contributed by atoms with Gasteiger partial charge in [-0.2, -0.15) is 5.10 Å². The SMILES string of the molecule is COc1ccc(C2=NN(C3CCN(C(=O)[C@@H](Cc4ccc(Cl)cc4)NC(=O)Oc4c[nH]c5c(-c6c(OCC7CC7)ccc7c6OCO7)ncnc45)CC3)C(=O)[C@@H]3CCCC[C@H]23)cc1OC. The van der Waals surface area contributed by atoms with Gasteiger partial charge in [-0.05, 0) is 92.5 Å². The Bertz CT molecular complexity index is 2640. The molecule has 17 heteroatoms. The topological polar surface area (TPSA) is 179 Å². The Morgan fingerprint density at radius 1 is 0.892 bits per heavy atom. The van der Waals surface area contributed by atoms with Gasteiger partial charge in [-0.3, -0.25) is 9.59 Å². The number of halogens is 1. The van der Waals surface area contributed by atoms with Crippen molar-refractivity contribution in [3.05, 3.63) is 83.3 Å². The maximum Gasteiger partial charge on any atom is 0.413 e. The first-order chi connectivity index (χ1) is 31.8. The van der Waals surface area contributed by atoms with Gasteiger partial charge in [0, 0.05) is 48.1 Å². The number of aromatic amines is 1. The molecule has 65 heavy (non-hydrogen) atoms. The fourth-order valence-corrected chi connectivity index (χ4v) is 9.67. The van der Waals surface area contributed by atoms with Crippen LogP contribution in [0.15, 0.2) is 72.2 Å². The van der Waals surface area contributed by atoms with E-state index in [1.54, 1.807) is 36.3 Å². The molecule has 338 valence electrons. The van der Waals surface area contributed by atoms with Crippen molar-refractivity contribution in [1.29, 1.82) is 0 Å². The van der Waals surface area contributed by atoms with E-state index in [1.807, 2.05) is 42.5 Å². The number of hydrazone groups is 1. The number of rotatable bonds is 13. The van der Waals surface area contributed by atoms with Crippen LogP contribution in [0.2, 0.25) is 5.02 Å². The van der Waals surface area contributed by atoms with E-state index < -0.39 is 12.1 Å². The lowest BCUT2D eigenvalue weighted by Gasteiger charge is -2.43. The first kappa shape index (κ1) is 42.4. The molecule has 1 saturated heterocycles. The number of amides is 3. The number of piperidine rings is 1. The second-order valence-electron chi connectivity index (χ2n) is 17.2. The van der Waals surface area contributed by atoms with Gasteiger partial charge in [-0.1, -0.05) is 36.6 Å². The predicted octanol–water partition coefficient (Wildman–Crippen LogP) is 7.56. The van der Waals surface area contributed by atoms with Gasteiger partial charge < -0.3 is 43.6 Å². The highest BCUT2D eigenvalue weighted by molar-refractivity contribution is 6.30. The summed E-state index contributed by atoms with van der Waals surface area (Å²) in [5.41, 5.74) is 4.53. The van der Waals surface area contributed by atoms with Gasteiger partial charge in [0.15, 0.2) is 28.7 Å². The standard InChI is InChI=1S/C48H50ClN7O9/c1-60-35-14-11-29(22-38(35)61-2)41-32-5-3-4-6-33(32)46(57)56(54-41)31-17-19-55(20-18-31)47(58)34(21-27-9-12-30(49)13-10-27)53-48(59)65-39-23-50-44-42(39)51-25-52-43(44)40-36(62-24-28-7-8-28)15-16-37-45(40)64-26-63-37/h9-16,22-23,25,28,31-34,50H,3-8,17-21,24,26H2,1-2H3,(H,53,59)/t32-,33+,34+/m0/s1. The van der Waals surface area contributed by atoms with Gasteiger partial charge in [-0.25, -0.2) is 19.8 Å². The third-order valence-corrected chi connectivity index (χ3v) is 13.4.